The van der Waals surface area contributed by atoms with Gasteiger partial charge in [-0.05, 0) is 18.2 Å². The fourth-order valence-corrected chi connectivity index (χ4v) is 2.71. The predicted octanol–water partition coefficient (Wildman–Crippen LogP) is 1.78. The maximum atomic E-state index is 13.1. The molecule has 0 fully saturated rings. The van der Waals surface area contributed by atoms with E-state index in [1.807, 2.05) is 0 Å². The fourth-order valence-electron chi connectivity index (χ4n) is 1.97. The minimum absolute atomic E-state index is 0.176. The van der Waals surface area contributed by atoms with Gasteiger partial charge in [0.1, 0.15) is 0 Å². The maximum Gasteiger partial charge on any atom is 0.417 e. The Balaban J connectivity index is 2.41. The number of sulfonamides is 1. The normalized spacial score (nSPS) is 12.2. The first-order valence-corrected chi connectivity index (χ1v) is 7.84. The third-order valence-electron chi connectivity index (χ3n) is 3.03. The Morgan fingerprint density at radius 2 is 1.96 bits per heavy atom. The Morgan fingerprint density at radius 1 is 1.26 bits per heavy atom. The molecule has 0 saturated heterocycles. The van der Waals surface area contributed by atoms with Crippen LogP contribution in [-0.2, 0) is 22.7 Å². The van der Waals surface area contributed by atoms with Gasteiger partial charge in [0, 0.05) is 25.1 Å². The first-order chi connectivity index (χ1) is 10.6. The van der Waals surface area contributed by atoms with Crippen LogP contribution in [0.5, 0.6) is 0 Å². The van der Waals surface area contributed by atoms with Crippen molar-refractivity contribution < 1.29 is 21.6 Å². The molecule has 0 amide bonds. The summed E-state index contributed by atoms with van der Waals surface area (Å²) in [5.41, 5.74) is -0.571. The van der Waals surface area contributed by atoms with Crippen LogP contribution in [0.3, 0.4) is 0 Å². The maximum absolute atomic E-state index is 13.1. The van der Waals surface area contributed by atoms with Gasteiger partial charge in [0.05, 0.1) is 28.9 Å². The highest BCUT2D eigenvalue weighted by molar-refractivity contribution is 7.89. The summed E-state index contributed by atoms with van der Waals surface area (Å²) in [5.74, 6) is 0. The van der Waals surface area contributed by atoms with E-state index in [1.54, 1.807) is 7.05 Å². The largest absolute Gasteiger partial charge is 0.417 e. The van der Waals surface area contributed by atoms with Crippen LogP contribution in [0.25, 0.3) is 0 Å². The van der Waals surface area contributed by atoms with Crippen LogP contribution >= 0.6 is 0 Å². The van der Waals surface area contributed by atoms with Crippen molar-refractivity contribution in [1.29, 1.82) is 0 Å². The minimum atomic E-state index is -4.84. The van der Waals surface area contributed by atoms with Crippen molar-refractivity contribution in [2.24, 2.45) is 5.14 Å². The van der Waals surface area contributed by atoms with E-state index >= 15 is 0 Å². The van der Waals surface area contributed by atoms with Crippen LogP contribution in [-0.4, -0.2) is 25.4 Å². The average Bonchev–Trinajstić information content (AvgIpc) is 2.46. The molecule has 1 aromatic carbocycles. The number of halogens is 3. The van der Waals surface area contributed by atoms with Crippen molar-refractivity contribution in [3.05, 3.63) is 48.0 Å². The number of benzene rings is 1. The summed E-state index contributed by atoms with van der Waals surface area (Å²) >= 11 is 0. The summed E-state index contributed by atoms with van der Waals surface area (Å²) in [6, 6.07) is 2.85. The average molecular weight is 346 g/mol. The van der Waals surface area contributed by atoms with Gasteiger partial charge in [-0.3, -0.25) is 9.97 Å². The van der Waals surface area contributed by atoms with E-state index in [4.69, 9.17) is 5.14 Å². The first kappa shape index (κ1) is 17.2. The second kappa shape index (κ2) is 6.13. The van der Waals surface area contributed by atoms with Gasteiger partial charge in [-0.25, -0.2) is 13.6 Å². The molecule has 0 aliphatic rings. The third-order valence-corrected chi connectivity index (χ3v) is 4.00. The van der Waals surface area contributed by atoms with E-state index in [0.717, 1.165) is 12.1 Å². The van der Waals surface area contributed by atoms with Gasteiger partial charge in [-0.1, -0.05) is 0 Å². The molecule has 0 aliphatic heterocycles. The van der Waals surface area contributed by atoms with Gasteiger partial charge in [-0.2, -0.15) is 13.2 Å². The highest BCUT2D eigenvalue weighted by Gasteiger charge is 2.36. The van der Waals surface area contributed by atoms with Crippen LogP contribution in [0, 0.1) is 0 Å². The molecular weight excluding hydrogens is 333 g/mol. The topological polar surface area (TPSA) is 89.2 Å². The van der Waals surface area contributed by atoms with Crippen molar-refractivity contribution in [2.75, 3.05) is 11.9 Å². The number of nitrogens with zero attached hydrogens (tertiary/aromatic N) is 3. The quantitative estimate of drug-likeness (QED) is 0.911. The Hall–Kier alpha value is -2.20. The highest BCUT2D eigenvalue weighted by Crippen LogP contribution is 2.36. The molecule has 0 aliphatic carbocycles. The van der Waals surface area contributed by atoms with E-state index in [2.05, 4.69) is 9.97 Å². The van der Waals surface area contributed by atoms with E-state index in [-0.39, 0.29) is 12.2 Å². The molecule has 0 saturated carbocycles. The van der Waals surface area contributed by atoms with Crippen molar-refractivity contribution >= 4 is 15.7 Å². The second-order valence-electron chi connectivity index (χ2n) is 4.78. The summed E-state index contributed by atoms with van der Waals surface area (Å²) < 4.78 is 61.9. The van der Waals surface area contributed by atoms with Crippen LogP contribution in [0.15, 0.2) is 41.7 Å². The Bertz CT molecular complexity index is 795. The molecule has 0 atom stereocenters. The van der Waals surface area contributed by atoms with Crippen molar-refractivity contribution in [3.8, 4) is 0 Å². The Kier molecular flexibility index (Phi) is 4.57. The molecule has 2 rings (SSSR count). The molecule has 0 radical (unpaired) electrons. The fraction of sp³-hybridized carbons (Fsp3) is 0.231. The summed E-state index contributed by atoms with van der Waals surface area (Å²) in [6.45, 7) is 0.208. The van der Waals surface area contributed by atoms with Crippen molar-refractivity contribution in [1.82, 2.24) is 9.97 Å². The number of rotatable bonds is 4. The molecular formula is C13H13F3N4O2S. The standard InChI is InChI=1S/C13H13F3N4O2S/c1-20(8-9-7-18-4-5-19-9)10-2-3-12(23(17,21)22)11(6-10)13(14,15)16/h2-7H,8H2,1H3,(H2,17,21,22). The summed E-state index contributed by atoms with van der Waals surface area (Å²) in [6.07, 6.45) is -0.411. The highest BCUT2D eigenvalue weighted by atomic mass is 32.2. The van der Waals surface area contributed by atoms with Gasteiger partial charge in [0.15, 0.2) is 0 Å². The molecule has 23 heavy (non-hydrogen) atoms. The lowest BCUT2D eigenvalue weighted by molar-refractivity contribution is -0.139. The second-order valence-corrected chi connectivity index (χ2v) is 6.31. The van der Waals surface area contributed by atoms with Gasteiger partial charge >= 0.3 is 6.18 Å². The molecule has 0 unspecified atom stereocenters. The molecule has 124 valence electrons. The first-order valence-electron chi connectivity index (χ1n) is 6.29. The lowest BCUT2D eigenvalue weighted by atomic mass is 10.1. The molecule has 1 heterocycles. The van der Waals surface area contributed by atoms with Crippen LogP contribution < -0.4 is 10.0 Å². The van der Waals surface area contributed by atoms with Crippen molar-refractivity contribution in [2.45, 2.75) is 17.6 Å². The molecule has 0 bridgehead atoms. The molecule has 1 aromatic heterocycles. The number of hydrogen-bond acceptors (Lipinski definition) is 5. The lowest BCUT2D eigenvalue weighted by Crippen LogP contribution is -2.22. The lowest BCUT2D eigenvalue weighted by Gasteiger charge is -2.21. The summed E-state index contributed by atoms with van der Waals surface area (Å²) in [4.78, 5) is 8.43. The zero-order valence-corrected chi connectivity index (χ0v) is 12.8. The van der Waals surface area contributed by atoms with Gasteiger partial charge < -0.3 is 4.90 Å². The third kappa shape index (κ3) is 4.17. The van der Waals surface area contributed by atoms with E-state index < -0.39 is 26.7 Å². The number of primary sulfonamides is 1. The number of nitrogens with two attached hydrogens (primary N) is 1. The molecule has 0 spiro atoms. The van der Waals surface area contributed by atoms with Crippen LogP contribution in [0.2, 0.25) is 0 Å². The Morgan fingerprint density at radius 3 is 2.48 bits per heavy atom. The molecule has 10 heteroatoms. The van der Waals surface area contributed by atoms with Crippen LogP contribution in [0.4, 0.5) is 18.9 Å². The van der Waals surface area contributed by atoms with Crippen molar-refractivity contribution in [3.63, 3.8) is 0 Å². The monoisotopic (exact) mass is 346 g/mol. The van der Waals surface area contributed by atoms with Gasteiger partial charge in [0.2, 0.25) is 10.0 Å². The summed E-state index contributed by atoms with van der Waals surface area (Å²) in [5, 5.41) is 4.84. The SMILES string of the molecule is CN(Cc1cnccn1)c1ccc(S(N)(=O)=O)c(C(F)(F)F)c1. The smallest absolute Gasteiger partial charge is 0.369 e. The zero-order chi connectivity index (χ0) is 17.3. The molecule has 2 aromatic rings. The van der Waals surface area contributed by atoms with E-state index in [0.29, 0.717) is 5.69 Å². The molecule has 6 nitrogen and oxygen atoms in total. The number of anilines is 1. The van der Waals surface area contributed by atoms with Gasteiger partial charge in [-0.15, -0.1) is 0 Å². The minimum Gasteiger partial charge on any atom is -0.369 e. The van der Waals surface area contributed by atoms with Crippen LogP contribution in [0.1, 0.15) is 11.3 Å². The zero-order valence-electron chi connectivity index (χ0n) is 11.9. The van der Waals surface area contributed by atoms with E-state index in [1.165, 1.54) is 29.6 Å². The number of hydrogen-bond donors (Lipinski definition) is 1. The Labute approximate surface area is 130 Å². The van der Waals surface area contributed by atoms with Gasteiger partial charge in [0.25, 0.3) is 0 Å². The van der Waals surface area contributed by atoms with E-state index in [9.17, 15) is 21.6 Å². The summed E-state index contributed by atoms with van der Waals surface area (Å²) in [7, 11) is -2.92. The molecule has 2 N–H and O–H groups in total. The number of aromatic nitrogens is 2. The number of alkyl halides is 3. The predicted molar refractivity (Wildman–Crippen MR) is 77.0 cm³/mol.